The Hall–Kier alpha value is -1.75. The molecule has 0 atom stereocenters. The number of esters is 1. The number of sulfonamides is 1. The molecule has 10 heteroatoms. The fourth-order valence-corrected chi connectivity index (χ4v) is 5.15. The quantitative estimate of drug-likeness (QED) is 0.583. The fourth-order valence-electron chi connectivity index (χ4n) is 1.96. The number of hydrogen-bond acceptors (Lipinski definition) is 7. The van der Waals surface area contributed by atoms with E-state index in [9.17, 15) is 18.0 Å². The van der Waals surface area contributed by atoms with E-state index in [-0.39, 0.29) is 9.77 Å². The van der Waals surface area contributed by atoms with Gasteiger partial charge in [0.25, 0.3) is 15.9 Å². The van der Waals surface area contributed by atoms with Gasteiger partial charge in [0, 0.05) is 4.88 Å². The lowest BCUT2D eigenvalue weighted by Crippen LogP contribution is -2.41. The average Bonchev–Trinajstić information content (AvgIpc) is 3.18. The zero-order valence-electron chi connectivity index (χ0n) is 13.2. The second-order valence-electron chi connectivity index (χ2n) is 4.74. The number of aryl methyl sites for hydroxylation is 2. The second-order valence-corrected chi connectivity index (χ2v) is 8.44. The number of hydrogen-bond donors (Lipinski definition) is 2. The predicted molar refractivity (Wildman–Crippen MR) is 91.9 cm³/mol. The summed E-state index contributed by atoms with van der Waals surface area (Å²) < 4.78 is 29.1. The van der Waals surface area contributed by atoms with Gasteiger partial charge in [0.1, 0.15) is 9.77 Å². The molecule has 0 fully saturated rings. The first-order valence-electron chi connectivity index (χ1n) is 6.87. The van der Waals surface area contributed by atoms with Crippen molar-refractivity contribution in [3.63, 3.8) is 0 Å². The van der Waals surface area contributed by atoms with E-state index in [4.69, 9.17) is 0 Å². The number of rotatable bonds is 6. The Labute approximate surface area is 147 Å². The first-order valence-corrected chi connectivity index (χ1v) is 10.0. The van der Waals surface area contributed by atoms with Crippen LogP contribution in [0.3, 0.4) is 0 Å². The van der Waals surface area contributed by atoms with Gasteiger partial charge in [-0.2, -0.15) is 0 Å². The van der Waals surface area contributed by atoms with Gasteiger partial charge in [0.2, 0.25) is 0 Å². The highest BCUT2D eigenvalue weighted by Crippen LogP contribution is 2.23. The third kappa shape index (κ3) is 3.83. The van der Waals surface area contributed by atoms with E-state index < -0.39 is 21.9 Å². The van der Waals surface area contributed by atoms with Crippen molar-refractivity contribution in [1.82, 2.24) is 10.3 Å². The van der Waals surface area contributed by atoms with Crippen molar-refractivity contribution in [3.05, 3.63) is 37.7 Å². The molecule has 24 heavy (non-hydrogen) atoms. The Kier molecular flexibility index (Phi) is 5.75. The van der Waals surface area contributed by atoms with E-state index in [1.54, 1.807) is 6.07 Å². The van der Waals surface area contributed by atoms with Crippen LogP contribution in [-0.4, -0.2) is 27.4 Å². The molecule has 2 N–H and O–H groups in total. The maximum atomic E-state index is 12.3. The SMILES string of the molecule is CCc1sc(C(=O)NNS(=O)(=O)c2ccsc2C(=O)OC)cc1C. The van der Waals surface area contributed by atoms with E-state index in [0.29, 0.717) is 4.88 Å². The van der Waals surface area contributed by atoms with Crippen molar-refractivity contribution >= 4 is 44.6 Å². The van der Waals surface area contributed by atoms with Crippen LogP contribution >= 0.6 is 22.7 Å². The highest BCUT2D eigenvalue weighted by Gasteiger charge is 2.25. The highest BCUT2D eigenvalue weighted by molar-refractivity contribution is 7.89. The molecule has 2 heterocycles. The van der Waals surface area contributed by atoms with E-state index in [1.807, 2.05) is 18.7 Å². The van der Waals surface area contributed by atoms with Gasteiger partial charge in [-0.25, -0.2) is 13.2 Å². The molecular formula is C14H16N2O5S3. The monoisotopic (exact) mass is 388 g/mol. The molecule has 0 aliphatic heterocycles. The Bertz CT molecular complexity index is 867. The summed E-state index contributed by atoms with van der Waals surface area (Å²) in [7, 11) is -2.92. The number of carbonyl (C=O) groups excluding carboxylic acids is 2. The standard InChI is InChI=1S/C14H16N2O5S3/c1-4-9-8(2)7-10(23-9)13(17)15-16-24(19,20)11-5-6-22-12(11)14(18)21-3/h5-7,16H,4H2,1-3H3,(H,15,17). The van der Waals surface area contributed by atoms with Crippen LogP contribution in [0.5, 0.6) is 0 Å². The third-order valence-electron chi connectivity index (χ3n) is 3.15. The van der Waals surface area contributed by atoms with Crippen LogP contribution in [0.1, 0.15) is 36.7 Å². The third-order valence-corrected chi connectivity index (χ3v) is 6.85. The summed E-state index contributed by atoms with van der Waals surface area (Å²) >= 11 is 2.25. The highest BCUT2D eigenvalue weighted by atomic mass is 32.2. The Morgan fingerprint density at radius 1 is 1.33 bits per heavy atom. The normalized spacial score (nSPS) is 11.3. The number of methoxy groups -OCH3 is 1. The summed E-state index contributed by atoms with van der Waals surface area (Å²) in [6, 6.07) is 2.98. The second kappa shape index (κ2) is 7.43. The molecule has 0 unspecified atom stereocenters. The lowest BCUT2D eigenvalue weighted by Gasteiger charge is -2.07. The molecule has 0 aromatic carbocycles. The molecule has 0 radical (unpaired) electrons. The number of carbonyl (C=O) groups is 2. The number of thiophene rings is 2. The molecule has 0 bridgehead atoms. The van der Waals surface area contributed by atoms with Gasteiger partial charge in [0.05, 0.1) is 12.0 Å². The molecule has 0 aliphatic rings. The molecule has 130 valence electrons. The summed E-state index contributed by atoms with van der Waals surface area (Å²) in [5.74, 6) is -1.31. The van der Waals surface area contributed by atoms with Crippen LogP contribution in [0, 0.1) is 6.92 Å². The van der Waals surface area contributed by atoms with Crippen LogP contribution in [-0.2, 0) is 21.2 Å². The number of hydrazine groups is 1. The van der Waals surface area contributed by atoms with Crippen LogP contribution in [0.15, 0.2) is 22.4 Å². The molecule has 2 rings (SSSR count). The minimum absolute atomic E-state index is 0.0560. The van der Waals surface area contributed by atoms with Gasteiger partial charge >= 0.3 is 5.97 Å². The topological polar surface area (TPSA) is 102 Å². The first kappa shape index (κ1) is 18.6. The number of ether oxygens (including phenoxy) is 1. The van der Waals surface area contributed by atoms with Crippen molar-refractivity contribution in [2.75, 3.05) is 7.11 Å². The molecule has 0 saturated heterocycles. The minimum Gasteiger partial charge on any atom is -0.465 e. The molecule has 2 aromatic heterocycles. The predicted octanol–water partition coefficient (Wildman–Crippen LogP) is 2.09. The van der Waals surface area contributed by atoms with E-state index in [1.165, 1.54) is 22.8 Å². The van der Waals surface area contributed by atoms with Crippen molar-refractivity contribution < 1.29 is 22.7 Å². The van der Waals surface area contributed by atoms with Crippen LogP contribution in [0.4, 0.5) is 0 Å². The number of nitrogens with one attached hydrogen (secondary N) is 2. The van der Waals surface area contributed by atoms with Crippen LogP contribution in [0.2, 0.25) is 0 Å². The van der Waals surface area contributed by atoms with Gasteiger partial charge in [-0.1, -0.05) is 6.92 Å². The molecule has 7 nitrogen and oxygen atoms in total. The van der Waals surface area contributed by atoms with Gasteiger partial charge in [-0.15, -0.1) is 27.5 Å². The Morgan fingerprint density at radius 2 is 2.04 bits per heavy atom. The number of amides is 1. The average molecular weight is 388 g/mol. The van der Waals surface area contributed by atoms with Crippen molar-refractivity contribution in [1.29, 1.82) is 0 Å². The fraction of sp³-hybridized carbons (Fsp3) is 0.286. The van der Waals surface area contributed by atoms with E-state index >= 15 is 0 Å². The van der Waals surface area contributed by atoms with Gasteiger partial charge < -0.3 is 4.74 Å². The summed E-state index contributed by atoms with van der Waals surface area (Å²) in [5.41, 5.74) is 3.15. The van der Waals surface area contributed by atoms with Crippen molar-refractivity contribution in [2.45, 2.75) is 25.2 Å². The summed E-state index contributed by atoms with van der Waals surface area (Å²) in [6.07, 6.45) is 0.799. The maximum absolute atomic E-state index is 12.3. The van der Waals surface area contributed by atoms with E-state index in [2.05, 4.69) is 10.2 Å². The van der Waals surface area contributed by atoms with Crippen LogP contribution < -0.4 is 10.3 Å². The molecule has 1 amide bonds. The lowest BCUT2D eigenvalue weighted by atomic mass is 10.2. The van der Waals surface area contributed by atoms with Crippen molar-refractivity contribution in [3.8, 4) is 0 Å². The zero-order chi connectivity index (χ0) is 17.9. The Morgan fingerprint density at radius 3 is 2.62 bits per heavy atom. The van der Waals surface area contributed by atoms with Gasteiger partial charge in [-0.05, 0) is 36.4 Å². The van der Waals surface area contributed by atoms with Crippen LogP contribution in [0.25, 0.3) is 0 Å². The molecule has 0 saturated carbocycles. The summed E-state index contributed by atoms with van der Waals surface area (Å²) in [5, 5.41) is 1.46. The van der Waals surface area contributed by atoms with E-state index in [0.717, 1.165) is 35.3 Å². The van der Waals surface area contributed by atoms with Crippen molar-refractivity contribution in [2.24, 2.45) is 0 Å². The molecule has 0 aliphatic carbocycles. The molecule has 2 aromatic rings. The smallest absolute Gasteiger partial charge is 0.349 e. The molecule has 0 spiro atoms. The largest absolute Gasteiger partial charge is 0.465 e. The zero-order valence-corrected chi connectivity index (χ0v) is 15.7. The first-order chi connectivity index (χ1) is 11.3. The minimum atomic E-state index is -4.08. The van der Waals surface area contributed by atoms with Gasteiger partial charge in [0.15, 0.2) is 0 Å². The summed E-state index contributed by atoms with van der Waals surface area (Å²) in [6.45, 7) is 3.87. The maximum Gasteiger partial charge on any atom is 0.349 e. The Balaban J connectivity index is 2.14. The molecular weight excluding hydrogens is 372 g/mol. The lowest BCUT2D eigenvalue weighted by molar-refractivity contribution is 0.0602. The van der Waals surface area contributed by atoms with Gasteiger partial charge in [-0.3, -0.25) is 10.2 Å². The summed E-state index contributed by atoms with van der Waals surface area (Å²) in [4.78, 5) is 26.9.